The zero-order valence-corrected chi connectivity index (χ0v) is 7.82. The van der Waals surface area contributed by atoms with E-state index in [2.05, 4.69) is 6.92 Å². The SMILES string of the molecule is CC1CC1c1ccc(OCCN)o1. The second kappa shape index (κ2) is 3.42. The topological polar surface area (TPSA) is 48.4 Å². The van der Waals surface area contributed by atoms with Gasteiger partial charge in [-0.25, -0.2) is 0 Å². The highest BCUT2D eigenvalue weighted by Crippen LogP contribution is 2.47. The molecule has 1 heterocycles. The van der Waals surface area contributed by atoms with Crippen LogP contribution in [-0.2, 0) is 0 Å². The highest BCUT2D eigenvalue weighted by Gasteiger charge is 2.36. The number of hydrogen-bond donors (Lipinski definition) is 1. The maximum absolute atomic E-state index is 5.50. The lowest BCUT2D eigenvalue weighted by atomic mass is 10.3. The maximum Gasteiger partial charge on any atom is 0.284 e. The largest absolute Gasteiger partial charge is 0.464 e. The van der Waals surface area contributed by atoms with Crippen molar-refractivity contribution in [2.45, 2.75) is 19.3 Å². The van der Waals surface area contributed by atoms with E-state index in [0.29, 0.717) is 25.0 Å². The third kappa shape index (κ3) is 1.86. The molecule has 2 rings (SSSR count). The predicted octanol–water partition coefficient (Wildman–Crippen LogP) is 1.74. The Morgan fingerprint density at radius 2 is 2.38 bits per heavy atom. The summed E-state index contributed by atoms with van der Waals surface area (Å²) >= 11 is 0. The van der Waals surface area contributed by atoms with Crippen molar-refractivity contribution in [1.29, 1.82) is 0 Å². The van der Waals surface area contributed by atoms with E-state index in [-0.39, 0.29) is 0 Å². The van der Waals surface area contributed by atoms with Crippen LogP contribution in [0.5, 0.6) is 5.95 Å². The lowest BCUT2D eigenvalue weighted by Crippen LogP contribution is -2.10. The summed E-state index contributed by atoms with van der Waals surface area (Å²) in [4.78, 5) is 0. The summed E-state index contributed by atoms with van der Waals surface area (Å²) < 4.78 is 10.8. The fourth-order valence-corrected chi connectivity index (χ4v) is 1.49. The van der Waals surface area contributed by atoms with E-state index in [1.165, 1.54) is 6.42 Å². The van der Waals surface area contributed by atoms with Crippen LogP contribution in [0.15, 0.2) is 16.5 Å². The first kappa shape index (κ1) is 8.63. The van der Waals surface area contributed by atoms with Crippen LogP contribution in [0.1, 0.15) is 25.0 Å². The smallest absolute Gasteiger partial charge is 0.284 e. The van der Waals surface area contributed by atoms with Gasteiger partial charge < -0.3 is 14.9 Å². The Kier molecular flexibility index (Phi) is 2.27. The number of furan rings is 1. The van der Waals surface area contributed by atoms with Crippen LogP contribution in [-0.4, -0.2) is 13.2 Å². The summed E-state index contributed by atoms with van der Waals surface area (Å²) in [7, 11) is 0. The number of hydrogen-bond acceptors (Lipinski definition) is 3. The molecule has 2 unspecified atom stereocenters. The molecule has 3 heteroatoms. The summed E-state index contributed by atoms with van der Waals surface area (Å²) in [6.07, 6.45) is 1.24. The Bertz CT molecular complexity index is 282. The highest BCUT2D eigenvalue weighted by atomic mass is 16.6. The number of nitrogens with two attached hydrogens (primary N) is 1. The molecule has 0 saturated heterocycles. The number of rotatable bonds is 4. The van der Waals surface area contributed by atoms with Crippen molar-refractivity contribution in [3.8, 4) is 5.95 Å². The minimum Gasteiger partial charge on any atom is -0.464 e. The van der Waals surface area contributed by atoms with Gasteiger partial charge in [-0.05, 0) is 18.4 Å². The van der Waals surface area contributed by atoms with Crippen molar-refractivity contribution in [2.24, 2.45) is 11.7 Å². The molecule has 13 heavy (non-hydrogen) atoms. The lowest BCUT2D eigenvalue weighted by molar-refractivity contribution is 0.243. The van der Waals surface area contributed by atoms with E-state index >= 15 is 0 Å². The molecule has 0 aromatic carbocycles. The van der Waals surface area contributed by atoms with E-state index in [4.69, 9.17) is 14.9 Å². The van der Waals surface area contributed by atoms with Crippen LogP contribution in [0.2, 0.25) is 0 Å². The predicted molar refractivity (Wildman–Crippen MR) is 49.8 cm³/mol. The molecule has 0 bridgehead atoms. The Hall–Kier alpha value is -0.960. The molecule has 1 aromatic rings. The van der Waals surface area contributed by atoms with Crippen molar-refractivity contribution in [3.05, 3.63) is 17.9 Å². The van der Waals surface area contributed by atoms with Gasteiger partial charge in [-0.15, -0.1) is 0 Å². The van der Waals surface area contributed by atoms with Gasteiger partial charge in [0.05, 0.1) is 0 Å². The minimum atomic E-state index is 0.521. The fraction of sp³-hybridized carbons (Fsp3) is 0.600. The van der Waals surface area contributed by atoms with Gasteiger partial charge in [0.25, 0.3) is 5.95 Å². The minimum absolute atomic E-state index is 0.521. The standard InChI is InChI=1S/C10H15NO2/c1-7-6-8(7)9-2-3-10(13-9)12-5-4-11/h2-3,7-8H,4-6,11H2,1H3. The quantitative estimate of drug-likeness (QED) is 0.769. The summed E-state index contributed by atoms with van der Waals surface area (Å²) in [5.41, 5.74) is 5.31. The average Bonchev–Trinajstić information content (AvgIpc) is 2.67. The summed E-state index contributed by atoms with van der Waals surface area (Å²) in [6, 6.07) is 3.87. The van der Waals surface area contributed by atoms with Gasteiger partial charge in [0, 0.05) is 18.5 Å². The van der Waals surface area contributed by atoms with Crippen LogP contribution < -0.4 is 10.5 Å². The van der Waals surface area contributed by atoms with E-state index in [0.717, 1.165) is 11.7 Å². The van der Waals surface area contributed by atoms with Gasteiger partial charge in [-0.1, -0.05) is 6.92 Å². The zero-order chi connectivity index (χ0) is 9.26. The van der Waals surface area contributed by atoms with Crippen LogP contribution in [0, 0.1) is 5.92 Å². The summed E-state index contributed by atoms with van der Waals surface area (Å²) in [5.74, 6) is 3.04. The van der Waals surface area contributed by atoms with Crippen molar-refractivity contribution < 1.29 is 9.15 Å². The van der Waals surface area contributed by atoms with Crippen molar-refractivity contribution >= 4 is 0 Å². The van der Waals surface area contributed by atoms with Gasteiger partial charge >= 0.3 is 0 Å². The van der Waals surface area contributed by atoms with E-state index < -0.39 is 0 Å². The Morgan fingerprint density at radius 1 is 1.62 bits per heavy atom. The van der Waals surface area contributed by atoms with Crippen LogP contribution in [0.3, 0.4) is 0 Å². The van der Waals surface area contributed by atoms with Gasteiger partial charge in [0.1, 0.15) is 12.4 Å². The van der Waals surface area contributed by atoms with Gasteiger partial charge in [-0.2, -0.15) is 0 Å². The molecule has 3 nitrogen and oxygen atoms in total. The van der Waals surface area contributed by atoms with Gasteiger partial charge in [0.2, 0.25) is 0 Å². The summed E-state index contributed by atoms with van der Waals surface area (Å²) in [5, 5.41) is 0. The van der Waals surface area contributed by atoms with E-state index in [1.807, 2.05) is 12.1 Å². The van der Waals surface area contributed by atoms with Gasteiger partial charge in [-0.3, -0.25) is 0 Å². The maximum atomic E-state index is 5.50. The van der Waals surface area contributed by atoms with Crippen molar-refractivity contribution in [1.82, 2.24) is 0 Å². The van der Waals surface area contributed by atoms with Crippen LogP contribution >= 0.6 is 0 Å². The monoisotopic (exact) mass is 181 g/mol. The summed E-state index contributed by atoms with van der Waals surface area (Å²) in [6.45, 7) is 3.27. The molecule has 2 N–H and O–H groups in total. The molecule has 1 saturated carbocycles. The molecule has 1 aliphatic rings. The molecule has 72 valence electrons. The molecular weight excluding hydrogens is 166 g/mol. The molecule has 2 atom stereocenters. The molecule has 1 aromatic heterocycles. The first-order chi connectivity index (χ1) is 6.31. The molecule has 0 aliphatic heterocycles. The van der Waals surface area contributed by atoms with Crippen molar-refractivity contribution in [3.63, 3.8) is 0 Å². The first-order valence-corrected chi connectivity index (χ1v) is 4.74. The van der Waals surface area contributed by atoms with E-state index in [1.54, 1.807) is 0 Å². The van der Waals surface area contributed by atoms with Crippen LogP contribution in [0.25, 0.3) is 0 Å². The second-order valence-corrected chi connectivity index (χ2v) is 3.61. The zero-order valence-electron chi connectivity index (χ0n) is 7.82. The van der Waals surface area contributed by atoms with Crippen molar-refractivity contribution in [2.75, 3.05) is 13.2 Å². The van der Waals surface area contributed by atoms with Gasteiger partial charge in [0.15, 0.2) is 0 Å². The number of ether oxygens (including phenoxy) is 1. The third-order valence-electron chi connectivity index (χ3n) is 2.44. The Morgan fingerprint density at radius 3 is 3.00 bits per heavy atom. The molecule has 0 spiro atoms. The second-order valence-electron chi connectivity index (χ2n) is 3.61. The van der Waals surface area contributed by atoms with E-state index in [9.17, 15) is 0 Å². The highest BCUT2D eigenvalue weighted by molar-refractivity contribution is 5.20. The average molecular weight is 181 g/mol. The molecule has 0 radical (unpaired) electrons. The molecule has 1 aliphatic carbocycles. The third-order valence-corrected chi connectivity index (χ3v) is 2.44. The molecular formula is C10H15NO2. The lowest BCUT2D eigenvalue weighted by Gasteiger charge is -1.98. The molecule has 0 amide bonds. The molecule has 1 fully saturated rings. The Labute approximate surface area is 77.9 Å². The van der Waals surface area contributed by atoms with Crippen LogP contribution in [0.4, 0.5) is 0 Å². The normalized spacial score (nSPS) is 26.0. The fourth-order valence-electron chi connectivity index (χ4n) is 1.49. The Balaban J connectivity index is 1.94. The first-order valence-electron chi connectivity index (χ1n) is 4.74.